The molecule has 0 radical (unpaired) electrons. The van der Waals surface area contributed by atoms with Crippen molar-refractivity contribution in [2.75, 3.05) is 13.1 Å². The predicted octanol–water partition coefficient (Wildman–Crippen LogP) is -0.454. The lowest BCUT2D eigenvalue weighted by atomic mass is 10.1. The van der Waals surface area contributed by atoms with Crippen molar-refractivity contribution in [3.8, 4) is 11.7 Å². The van der Waals surface area contributed by atoms with E-state index < -0.39 is 5.76 Å². The third-order valence-corrected chi connectivity index (χ3v) is 2.82. The summed E-state index contributed by atoms with van der Waals surface area (Å²) >= 11 is 0. The molecule has 1 saturated heterocycles. The van der Waals surface area contributed by atoms with Crippen LogP contribution in [0.4, 0.5) is 0 Å². The summed E-state index contributed by atoms with van der Waals surface area (Å²) in [7, 11) is 0. The van der Waals surface area contributed by atoms with Crippen LogP contribution in [0.25, 0.3) is 11.7 Å². The molecule has 8 heteroatoms. The van der Waals surface area contributed by atoms with Crippen LogP contribution in [0.2, 0.25) is 0 Å². The molecule has 1 aliphatic heterocycles. The summed E-state index contributed by atoms with van der Waals surface area (Å²) in [5.41, 5.74) is 0. The Labute approximate surface area is 96.0 Å². The zero-order valence-corrected chi connectivity index (χ0v) is 9.09. The molecule has 1 fully saturated rings. The topological polar surface area (TPSA) is 102 Å². The van der Waals surface area contributed by atoms with Gasteiger partial charge >= 0.3 is 5.76 Å². The molecule has 0 aromatic carbocycles. The second-order valence-corrected chi connectivity index (χ2v) is 3.95. The maximum Gasteiger partial charge on any atom is 0.434 e. The fourth-order valence-corrected chi connectivity index (χ4v) is 1.95. The number of aromatic nitrogens is 5. The van der Waals surface area contributed by atoms with Crippen molar-refractivity contribution in [1.82, 2.24) is 30.3 Å². The van der Waals surface area contributed by atoms with E-state index in [9.17, 15) is 4.79 Å². The minimum Gasteiger partial charge on any atom is -0.384 e. The van der Waals surface area contributed by atoms with E-state index in [-0.39, 0.29) is 5.89 Å². The first-order valence-corrected chi connectivity index (χ1v) is 5.50. The number of hydrogen-bond donors (Lipinski definition) is 2. The van der Waals surface area contributed by atoms with Crippen LogP contribution in [0.5, 0.6) is 0 Å². The van der Waals surface area contributed by atoms with Gasteiger partial charge < -0.3 is 9.73 Å². The molecule has 0 aliphatic carbocycles. The molecule has 0 saturated carbocycles. The molecule has 2 aromatic heterocycles. The first kappa shape index (κ1) is 10.2. The van der Waals surface area contributed by atoms with Gasteiger partial charge in [-0.25, -0.2) is 19.6 Å². The van der Waals surface area contributed by atoms with Gasteiger partial charge in [-0.3, -0.25) is 0 Å². The molecule has 0 unspecified atom stereocenters. The van der Waals surface area contributed by atoms with Crippen molar-refractivity contribution < 1.29 is 4.42 Å². The highest BCUT2D eigenvalue weighted by molar-refractivity contribution is 5.36. The average molecular weight is 236 g/mol. The van der Waals surface area contributed by atoms with Gasteiger partial charge in [-0.1, -0.05) is 0 Å². The van der Waals surface area contributed by atoms with Crippen LogP contribution in [0.15, 0.2) is 15.5 Å². The van der Waals surface area contributed by atoms with Crippen LogP contribution in [-0.4, -0.2) is 38.1 Å². The molecule has 0 bridgehead atoms. The Morgan fingerprint density at radius 2 is 2.24 bits per heavy atom. The molecule has 3 heterocycles. The zero-order chi connectivity index (χ0) is 11.7. The monoisotopic (exact) mass is 236 g/mol. The molecule has 2 aromatic rings. The Kier molecular flexibility index (Phi) is 2.48. The minimum absolute atomic E-state index is 0.127. The molecule has 2 N–H and O–H groups in total. The van der Waals surface area contributed by atoms with Gasteiger partial charge in [0.2, 0.25) is 5.82 Å². The van der Waals surface area contributed by atoms with Crippen molar-refractivity contribution in [3.05, 3.63) is 16.9 Å². The smallest absolute Gasteiger partial charge is 0.384 e. The van der Waals surface area contributed by atoms with Crippen molar-refractivity contribution in [2.45, 2.75) is 18.9 Å². The van der Waals surface area contributed by atoms with Gasteiger partial charge in [0.05, 0.1) is 6.04 Å². The Hall–Kier alpha value is -1.96. The second kappa shape index (κ2) is 4.13. The highest BCUT2D eigenvalue weighted by Crippen LogP contribution is 2.18. The van der Waals surface area contributed by atoms with Gasteiger partial charge in [0.25, 0.3) is 5.89 Å². The van der Waals surface area contributed by atoms with Crippen LogP contribution in [0, 0.1) is 0 Å². The number of nitrogens with zero attached hydrogens (tertiary/aromatic N) is 4. The van der Waals surface area contributed by atoms with Gasteiger partial charge in [-0.15, -0.1) is 10.2 Å². The number of aromatic amines is 1. The summed E-state index contributed by atoms with van der Waals surface area (Å²) < 4.78 is 6.61. The molecule has 90 valence electrons. The Bertz CT molecular complexity index is 550. The largest absolute Gasteiger partial charge is 0.434 e. The third kappa shape index (κ3) is 1.98. The standard InChI is InChI=1S/C9H12N6O2/c16-9-13-12-8(17-9)7-11-5-15(14-7)6-1-3-10-4-2-6/h5-6,10H,1-4H2,(H,13,16). The predicted molar refractivity (Wildman–Crippen MR) is 57.3 cm³/mol. The lowest BCUT2D eigenvalue weighted by Crippen LogP contribution is -2.29. The van der Waals surface area contributed by atoms with Gasteiger partial charge in [-0.05, 0) is 25.9 Å². The quantitative estimate of drug-likeness (QED) is 0.732. The van der Waals surface area contributed by atoms with E-state index in [0.29, 0.717) is 11.9 Å². The van der Waals surface area contributed by atoms with E-state index >= 15 is 0 Å². The van der Waals surface area contributed by atoms with Crippen LogP contribution in [0.3, 0.4) is 0 Å². The lowest BCUT2D eigenvalue weighted by Gasteiger charge is -2.22. The van der Waals surface area contributed by atoms with Gasteiger partial charge in [0.1, 0.15) is 6.33 Å². The average Bonchev–Trinajstić information content (AvgIpc) is 2.98. The maximum atomic E-state index is 10.8. The molecular formula is C9H12N6O2. The Balaban J connectivity index is 1.84. The first-order chi connectivity index (χ1) is 8.33. The molecule has 8 nitrogen and oxygen atoms in total. The summed E-state index contributed by atoms with van der Waals surface area (Å²) in [5.74, 6) is -0.136. The number of H-pyrrole nitrogens is 1. The van der Waals surface area contributed by atoms with Gasteiger partial charge in [0.15, 0.2) is 0 Å². The van der Waals surface area contributed by atoms with Crippen LogP contribution < -0.4 is 11.1 Å². The first-order valence-electron chi connectivity index (χ1n) is 5.50. The molecular weight excluding hydrogens is 224 g/mol. The molecule has 0 amide bonds. The van der Waals surface area contributed by atoms with E-state index in [4.69, 9.17) is 4.42 Å². The van der Waals surface area contributed by atoms with Gasteiger partial charge in [-0.2, -0.15) is 0 Å². The van der Waals surface area contributed by atoms with Crippen LogP contribution in [0.1, 0.15) is 18.9 Å². The van der Waals surface area contributed by atoms with Crippen LogP contribution >= 0.6 is 0 Å². The second-order valence-electron chi connectivity index (χ2n) is 3.95. The molecule has 17 heavy (non-hydrogen) atoms. The number of piperidine rings is 1. The SMILES string of the molecule is O=c1[nH]nc(-c2ncn(C3CCNCC3)n2)o1. The minimum atomic E-state index is -0.599. The fraction of sp³-hybridized carbons (Fsp3) is 0.556. The summed E-state index contributed by atoms with van der Waals surface area (Å²) in [4.78, 5) is 14.9. The molecule has 3 rings (SSSR count). The number of nitrogens with one attached hydrogen (secondary N) is 2. The zero-order valence-electron chi connectivity index (χ0n) is 9.09. The van der Waals surface area contributed by atoms with E-state index in [1.165, 1.54) is 0 Å². The van der Waals surface area contributed by atoms with Crippen LogP contribution in [-0.2, 0) is 0 Å². The lowest BCUT2D eigenvalue weighted by molar-refractivity contribution is 0.342. The normalized spacial score (nSPS) is 17.4. The summed E-state index contributed by atoms with van der Waals surface area (Å²) in [6, 6.07) is 0.350. The summed E-state index contributed by atoms with van der Waals surface area (Å²) in [5, 5.41) is 13.4. The fourth-order valence-electron chi connectivity index (χ4n) is 1.95. The van der Waals surface area contributed by atoms with E-state index in [0.717, 1.165) is 25.9 Å². The highest BCUT2D eigenvalue weighted by Gasteiger charge is 2.18. The number of hydrogen-bond acceptors (Lipinski definition) is 6. The Morgan fingerprint density at radius 3 is 2.94 bits per heavy atom. The Morgan fingerprint density at radius 1 is 1.41 bits per heavy atom. The van der Waals surface area contributed by atoms with E-state index in [2.05, 4.69) is 25.6 Å². The van der Waals surface area contributed by atoms with Crippen molar-refractivity contribution in [2.24, 2.45) is 0 Å². The van der Waals surface area contributed by atoms with E-state index in [1.54, 1.807) is 6.33 Å². The molecule has 0 atom stereocenters. The third-order valence-electron chi connectivity index (χ3n) is 2.82. The van der Waals surface area contributed by atoms with Crippen molar-refractivity contribution >= 4 is 0 Å². The van der Waals surface area contributed by atoms with Crippen molar-refractivity contribution in [3.63, 3.8) is 0 Å². The number of rotatable bonds is 2. The highest BCUT2D eigenvalue weighted by atomic mass is 16.4. The van der Waals surface area contributed by atoms with Gasteiger partial charge in [0, 0.05) is 0 Å². The molecule has 1 aliphatic rings. The molecule has 0 spiro atoms. The van der Waals surface area contributed by atoms with E-state index in [1.807, 2.05) is 4.68 Å². The maximum absolute atomic E-state index is 10.8. The summed E-state index contributed by atoms with van der Waals surface area (Å²) in [6.07, 6.45) is 3.70. The summed E-state index contributed by atoms with van der Waals surface area (Å²) in [6.45, 7) is 1.97. The van der Waals surface area contributed by atoms with Crippen molar-refractivity contribution in [1.29, 1.82) is 0 Å².